The molecule has 0 atom stereocenters. The average Bonchev–Trinajstić information content (AvgIpc) is 2.48. The first-order valence-corrected chi connectivity index (χ1v) is 7.46. The van der Waals surface area contributed by atoms with Crippen LogP contribution in [0.25, 0.3) is 0 Å². The molecule has 17 heavy (non-hydrogen) atoms. The first kappa shape index (κ1) is 15.0. The zero-order chi connectivity index (χ0) is 12.7. The van der Waals surface area contributed by atoms with Gasteiger partial charge in [-0.15, -0.1) is 0 Å². The van der Waals surface area contributed by atoms with Crippen LogP contribution in [-0.4, -0.2) is 49.1 Å². The summed E-state index contributed by atoms with van der Waals surface area (Å²) in [5.41, 5.74) is 0.480. The van der Waals surface area contributed by atoms with Crippen LogP contribution >= 0.6 is 0 Å². The molecule has 1 heterocycles. The zero-order valence-corrected chi connectivity index (χ0v) is 12.5. The van der Waals surface area contributed by atoms with Crippen LogP contribution in [0.3, 0.4) is 0 Å². The quantitative estimate of drug-likeness (QED) is 0.728. The van der Waals surface area contributed by atoms with Gasteiger partial charge in [0.1, 0.15) is 0 Å². The molecule has 2 nitrogen and oxygen atoms in total. The van der Waals surface area contributed by atoms with E-state index >= 15 is 0 Å². The molecular weight excluding hydrogens is 208 g/mol. The van der Waals surface area contributed by atoms with Crippen LogP contribution in [-0.2, 0) is 0 Å². The molecule has 0 aromatic carbocycles. The average molecular weight is 240 g/mol. The van der Waals surface area contributed by atoms with Gasteiger partial charge in [0.05, 0.1) is 0 Å². The van der Waals surface area contributed by atoms with Gasteiger partial charge in [-0.05, 0) is 50.9 Å². The lowest BCUT2D eigenvalue weighted by molar-refractivity contribution is 0.224. The number of nitrogens with zero attached hydrogens (tertiary/aromatic N) is 2. The van der Waals surface area contributed by atoms with Crippen LogP contribution < -0.4 is 0 Å². The molecule has 1 fully saturated rings. The van der Waals surface area contributed by atoms with Crippen molar-refractivity contribution in [3.8, 4) is 0 Å². The molecule has 0 saturated carbocycles. The van der Waals surface area contributed by atoms with E-state index < -0.39 is 0 Å². The molecule has 0 amide bonds. The van der Waals surface area contributed by atoms with Crippen molar-refractivity contribution < 1.29 is 0 Å². The Kier molecular flexibility index (Phi) is 6.50. The number of rotatable bonds is 5. The van der Waals surface area contributed by atoms with Crippen molar-refractivity contribution in [1.29, 1.82) is 0 Å². The van der Waals surface area contributed by atoms with Gasteiger partial charge in [-0.2, -0.15) is 0 Å². The lowest BCUT2D eigenvalue weighted by Crippen LogP contribution is -2.33. The van der Waals surface area contributed by atoms with Crippen molar-refractivity contribution in [2.24, 2.45) is 5.41 Å². The fraction of sp³-hybridized carbons (Fsp3) is 1.00. The van der Waals surface area contributed by atoms with Gasteiger partial charge < -0.3 is 9.80 Å². The van der Waals surface area contributed by atoms with Crippen molar-refractivity contribution in [3.63, 3.8) is 0 Å². The van der Waals surface area contributed by atoms with Gasteiger partial charge in [0, 0.05) is 13.1 Å². The Bertz CT molecular complexity index is 196. The van der Waals surface area contributed by atoms with E-state index in [1.54, 1.807) is 0 Å². The summed E-state index contributed by atoms with van der Waals surface area (Å²) in [6.45, 7) is 17.1. The molecule has 0 aromatic heterocycles. The van der Waals surface area contributed by atoms with Gasteiger partial charge in [0.25, 0.3) is 0 Å². The Labute approximate surface area is 108 Å². The third-order valence-electron chi connectivity index (χ3n) is 3.69. The Hall–Kier alpha value is -0.0800. The molecule has 0 N–H and O–H groups in total. The Balaban J connectivity index is 2.22. The van der Waals surface area contributed by atoms with Crippen LogP contribution in [0.2, 0.25) is 0 Å². The van der Waals surface area contributed by atoms with Crippen LogP contribution in [0.15, 0.2) is 0 Å². The van der Waals surface area contributed by atoms with Crippen LogP contribution in [0.1, 0.15) is 53.4 Å². The minimum Gasteiger partial charge on any atom is -0.302 e. The molecule has 2 heteroatoms. The van der Waals surface area contributed by atoms with Gasteiger partial charge in [-0.3, -0.25) is 0 Å². The third-order valence-corrected chi connectivity index (χ3v) is 3.69. The normalized spacial score (nSPS) is 20.5. The van der Waals surface area contributed by atoms with Crippen molar-refractivity contribution in [1.82, 2.24) is 9.80 Å². The van der Waals surface area contributed by atoms with E-state index in [0.29, 0.717) is 5.41 Å². The maximum Gasteiger partial charge on any atom is 0.0109 e. The highest BCUT2D eigenvalue weighted by molar-refractivity contribution is 4.72. The van der Waals surface area contributed by atoms with E-state index in [1.807, 2.05) is 0 Å². The topological polar surface area (TPSA) is 6.48 Å². The lowest BCUT2D eigenvalue weighted by atomic mass is 9.92. The molecular formula is C15H32N2. The first-order valence-electron chi connectivity index (χ1n) is 7.46. The summed E-state index contributed by atoms with van der Waals surface area (Å²) < 4.78 is 0. The molecule has 0 unspecified atom stereocenters. The molecule has 0 bridgehead atoms. The second-order valence-electron chi connectivity index (χ2n) is 6.70. The van der Waals surface area contributed by atoms with Crippen molar-refractivity contribution in [2.75, 3.05) is 39.3 Å². The Morgan fingerprint density at radius 3 is 2.00 bits per heavy atom. The van der Waals surface area contributed by atoms with E-state index in [9.17, 15) is 0 Å². The molecule has 0 radical (unpaired) electrons. The second kappa shape index (κ2) is 7.38. The summed E-state index contributed by atoms with van der Waals surface area (Å²) in [6, 6.07) is 0. The molecule has 1 saturated heterocycles. The summed E-state index contributed by atoms with van der Waals surface area (Å²) in [7, 11) is 0. The van der Waals surface area contributed by atoms with E-state index in [0.717, 1.165) is 0 Å². The summed E-state index contributed by atoms with van der Waals surface area (Å²) in [6.07, 6.45) is 5.36. The smallest absolute Gasteiger partial charge is 0.0109 e. The maximum absolute atomic E-state index is 2.66. The SMILES string of the molecule is CCCCN1CCCN(CCC(C)(C)C)CC1. The van der Waals surface area contributed by atoms with E-state index in [1.165, 1.54) is 65.0 Å². The zero-order valence-electron chi connectivity index (χ0n) is 12.5. The lowest BCUT2D eigenvalue weighted by Gasteiger charge is -2.25. The Morgan fingerprint density at radius 2 is 1.47 bits per heavy atom. The minimum absolute atomic E-state index is 0.480. The highest BCUT2D eigenvalue weighted by Gasteiger charge is 2.17. The number of hydrogen-bond donors (Lipinski definition) is 0. The van der Waals surface area contributed by atoms with E-state index in [2.05, 4.69) is 37.5 Å². The minimum atomic E-state index is 0.480. The standard InChI is InChI=1S/C15H32N2/c1-5-6-9-16-10-7-11-17(14-13-16)12-8-15(2,3)4/h5-14H2,1-4H3. The van der Waals surface area contributed by atoms with Gasteiger partial charge >= 0.3 is 0 Å². The number of hydrogen-bond acceptors (Lipinski definition) is 2. The fourth-order valence-electron chi connectivity index (χ4n) is 2.35. The van der Waals surface area contributed by atoms with E-state index in [4.69, 9.17) is 0 Å². The van der Waals surface area contributed by atoms with Crippen molar-refractivity contribution in [2.45, 2.75) is 53.4 Å². The van der Waals surface area contributed by atoms with Crippen LogP contribution in [0.5, 0.6) is 0 Å². The van der Waals surface area contributed by atoms with Gasteiger partial charge in [-0.25, -0.2) is 0 Å². The Morgan fingerprint density at radius 1 is 0.882 bits per heavy atom. The molecule has 1 aliphatic rings. The highest BCUT2D eigenvalue weighted by Crippen LogP contribution is 2.19. The summed E-state index contributed by atoms with van der Waals surface area (Å²) in [5, 5.41) is 0. The monoisotopic (exact) mass is 240 g/mol. The first-order chi connectivity index (χ1) is 8.01. The third kappa shape index (κ3) is 7.05. The van der Waals surface area contributed by atoms with Gasteiger partial charge in [-0.1, -0.05) is 34.1 Å². The van der Waals surface area contributed by atoms with Crippen molar-refractivity contribution in [3.05, 3.63) is 0 Å². The summed E-state index contributed by atoms with van der Waals surface area (Å²) in [4.78, 5) is 5.32. The van der Waals surface area contributed by atoms with Crippen molar-refractivity contribution >= 4 is 0 Å². The summed E-state index contributed by atoms with van der Waals surface area (Å²) >= 11 is 0. The molecule has 102 valence electrons. The predicted octanol–water partition coefficient (Wildman–Crippen LogP) is 3.23. The van der Waals surface area contributed by atoms with E-state index in [-0.39, 0.29) is 0 Å². The number of unbranched alkanes of at least 4 members (excludes halogenated alkanes) is 1. The van der Waals surface area contributed by atoms with Gasteiger partial charge in [0.2, 0.25) is 0 Å². The second-order valence-corrected chi connectivity index (χ2v) is 6.70. The molecule has 0 aromatic rings. The van der Waals surface area contributed by atoms with Crippen LogP contribution in [0.4, 0.5) is 0 Å². The maximum atomic E-state index is 2.66. The largest absolute Gasteiger partial charge is 0.302 e. The van der Waals surface area contributed by atoms with Gasteiger partial charge in [0.15, 0.2) is 0 Å². The fourth-order valence-corrected chi connectivity index (χ4v) is 2.35. The van der Waals surface area contributed by atoms with Crippen LogP contribution in [0, 0.1) is 5.41 Å². The molecule has 0 spiro atoms. The molecule has 1 rings (SSSR count). The molecule has 0 aliphatic carbocycles. The molecule has 1 aliphatic heterocycles. The predicted molar refractivity (Wildman–Crippen MR) is 76.5 cm³/mol. The highest BCUT2D eigenvalue weighted by atomic mass is 15.2. The summed E-state index contributed by atoms with van der Waals surface area (Å²) in [5.74, 6) is 0.